The van der Waals surface area contributed by atoms with Crippen LogP contribution in [0.2, 0.25) is 4.44 Å². The summed E-state index contributed by atoms with van der Waals surface area (Å²) in [5.74, 6) is 0. The van der Waals surface area contributed by atoms with Crippen molar-refractivity contribution in [3.63, 3.8) is 0 Å². The van der Waals surface area contributed by atoms with E-state index in [2.05, 4.69) is 37.3 Å². The van der Waals surface area contributed by atoms with E-state index in [-0.39, 0.29) is 21.1 Å². The van der Waals surface area contributed by atoms with E-state index in [1.54, 1.807) is 3.58 Å². The Bertz CT molecular complexity index is 230. The molecule has 2 radical (unpaired) electrons. The quantitative estimate of drug-likeness (QED) is 0.506. The molecular weight excluding hydrogens is 287 g/mol. The molecule has 0 unspecified atom stereocenters. The Morgan fingerprint density at radius 2 is 1.53 bits per heavy atom. The van der Waals surface area contributed by atoms with Crippen molar-refractivity contribution in [1.82, 2.24) is 0 Å². The molecule has 0 spiro atoms. The van der Waals surface area contributed by atoms with Crippen LogP contribution in [0.25, 0.3) is 0 Å². The van der Waals surface area contributed by atoms with E-state index < -0.39 is 0 Å². The van der Waals surface area contributed by atoms with Crippen LogP contribution in [-0.4, -0.2) is 21.1 Å². The predicted molar refractivity (Wildman–Crippen MR) is 70.0 cm³/mol. The van der Waals surface area contributed by atoms with E-state index >= 15 is 0 Å². The van der Waals surface area contributed by atoms with Crippen LogP contribution in [0.4, 0.5) is 0 Å². The van der Waals surface area contributed by atoms with Crippen LogP contribution >= 0.6 is 0 Å². The van der Waals surface area contributed by atoms with E-state index in [0.717, 1.165) is 0 Å². The van der Waals surface area contributed by atoms with Crippen molar-refractivity contribution in [1.29, 1.82) is 0 Å². The Hall–Kier alpha value is 0.0187. The fourth-order valence-electron chi connectivity index (χ4n) is 1.69. The molecule has 0 heterocycles. The van der Waals surface area contributed by atoms with Gasteiger partial charge in [-0.15, -0.1) is 0 Å². The average molecular weight is 309 g/mol. The zero-order valence-corrected chi connectivity index (χ0v) is 12.7. The molecule has 0 aliphatic heterocycles. The first-order chi connectivity index (χ1) is 7.43. The molecule has 0 atom stereocenters. The third-order valence-electron chi connectivity index (χ3n) is 2.63. The summed E-state index contributed by atoms with van der Waals surface area (Å²) in [6.45, 7) is 2.28. The van der Waals surface area contributed by atoms with Gasteiger partial charge >= 0.3 is 105 Å². The molecule has 0 bridgehead atoms. The molecule has 0 aliphatic carbocycles. The summed E-state index contributed by atoms with van der Waals surface area (Å²) in [5, 5.41) is 0. The normalized spacial score (nSPS) is 10.5. The number of benzene rings is 1. The fourth-order valence-corrected chi connectivity index (χ4v) is 4.96. The van der Waals surface area contributed by atoms with Crippen molar-refractivity contribution < 1.29 is 0 Å². The Morgan fingerprint density at radius 1 is 0.867 bits per heavy atom. The second-order valence-electron chi connectivity index (χ2n) is 4.06. The first-order valence-electron chi connectivity index (χ1n) is 6.22. The van der Waals surface area contributed by atoms with Crippen LogP contribution in [0, 0.1) is 0 Å². The van der Waals surface area contributed by atoms with E-state index in [1.807, 2.05) is 0 Å². The van der Waals surface area contributed by atoms with Crippen LogP contribution in [-0.2, 0) is 0 Å². The van der Waals surface area contributed by atoms with Gasteiger partial charge in [0.2, 0.25) is 0 Å². The molecule has 0 N–H and O–H groups in total. The molecule has 1 heteroatoms. The van der Waals surface area contributed by atoms with Crippen molar-refractivity contribution in [3.8, 4) is 0 Å². The minimum absolute atomic E-state index is 0.222. The van der Waals surface area contributed by atoms with Crippen molar-refractivity contribution in [2.45, 2.75) is 49.9 Å². The fraction of sp³-hybridized carbons (Fsp3) is 0.571. The van der Waals surface area contributed by atoms with Gasteiger partial charge in [0, 0.05) is 0 Å². The molecule has 0 amide bonds. The van der Waals surface area contributed by atoms with Gasteiger partial charge in [0.1, 0.15) is 0 Å². The van der Waals surface area contributed by atoms with Gasteiger partial charge in [0.25, 0.3) is 0 Å². The van der Waals surface area contributed by atoms with Gasteiger partial charge in [-0.1, -0.05) is 0 Å². The second-order valence-corrected chi connectivity index (χ2v) is 8.14. The number of hydrogen-bond donors (Lipinski definition) is 0. The predicted octanol–water partition coefficient (Wildman–Crippen LogP) is 3.79. The molecule has 1 rings (SSSR count). The molecule has 0 aliphatic rings. The van der Waals surface area contributed by atoms with E-state index in [4.69, 9.17) is 0 Å². The monoisotopic (exact) mass is 310 g/mol. The summed E-state index contributed by atoms with van der Waals surface area (Å²) >= 11 is -0.222. The molecule has 15 heavy (non-hydrogen) atoms. The van der Waals surface area contributed by atoms with Crippen LogP contribution in [0.3, 0.4) is 0 Å². The van der Waals surface area contributed by atoms with Crippen LogP contribution in [0.1, 0.15) is 45.4 Å². The molecule has 1 aromatic carbocycles. The van der Waals surface area contributed by atoms with Crippen molar-refractivity contribution in [2.75, 3.05) is 0 Å². The maximum absolute atomic E-state index is 2.31. The van der Waals surface area contributed by atoms with Crippen LogP contribution in [0.15, 0.2) is 30.3 Å². The maximum atomic E-state index is 2.31. The van der Waals surface area contributed by atoms with Crippen molar-refractivity contribution in [3.05, 3.63) is 30.3 Å². The molecule has 82 valence electrons. The molecule has 0 saturated heterocycles. The first kappa shape index (κ1) is 13.1. The van der Waals surface area contributed by atoms with E-state index in [9.17, 15) is 0 Å². The molecule has 0 aromatic heterocycles. The summed E-state index contributed by atoms with van der Waals surface area (Å²) in [5.41, 5.74) is 0. The second kappa shape index (κ2) is 9.26. The number of unbranched alkanes of at least 4 members (excludes halogenated alkanes) is 5. The van der Waals surface area contributed by atoms with Gasteiger partial charge in [-0.2, -0.15) is 0 Å². The molecule has 0 fully saturated rings. The van der Waals surface area contributed by atoms with Gasteiger partial charge in [-0.05, 0) is 0 Å². The van der Waals surface area contributed by atoms with E-state index in [1.165, 1.54) is 43.0 Å². The average Bonchev–Trinajstić information content (AvgIpc) is 2.29. The Morgan fingerprint density at radius 3 is 2.27 bits per heavy atom. The van der Waals surface area contributed by atoms with Gasteiger partial charge in [0.15, 0.2) is 0 Å². The zero-order chi connectivity index (χ0) is 10.8. The van der Waals surface area contributed by atoms with Gasteiger partial charge in [0.05, 0.1) is 0 Å². The Kier molecular flexibility index (Phi) is 8.08. The molecule has 0 nitrogen and oxygen atoms in total. The summed E-state index contributed by atoms with van der Waals surface area (Å²) in [4.78, 5) is 0. The van der Waals surface area contributed by atoms with Crippen LogP contribution < -0.4 is 3.58 Å². The standard InChI is InChI=1S/C8H17.C6H5.Sn/c1-3-5-7-8-6-4-2;1-2-4-6-5-3-1;/h1,3-8H2,2H3;1-5H;. The molecular formula is C14H22Sn. The Labute approximate surface area is 105 Å². The van der Waals surface area contributed by atoms with Gasteiger partial charge in [-0.25, -0.2) is 0 Å². The molecule has 0 saturated carbocycles. The number of rotatable bonds is 8. The minimum atomic E-state index is -0.222. The summed E-state index contributed by atoms with van der Waals surface area (Å²) in [6, 6.07) is 11.1. The number of hydrogen-bond acceptors (Lipinski definition) is 0. The summed E-state index contributed by atoms with van der Waals surface area (Å²) in [6.07, 6.45) is 8.65. The van der Waals surface area contributed by atoms with Crippen molar-refractivity contribution in [2.24, 2.45) is 0 Å². The van der Waals surface area contributed by atoms with Crippen LogP contribution in [0.5, 0.6) is 0 Å². The summed E-state index contributed by atoms with van der Waals surface area (Å²) < 4.78 is 3.19. The molecule has 1 aromatic rings. The van der Waals surface area contributed by atoms with Gasteiger partial charge in [-0.3, -0.25) is 0 Å². The topological polar surface area (TPSA) is 0 Å². The SMILES string of the molecule is CCCCCCC[CH2][Sn][c]1ccccc1. The third kappa shape index (κ3) is 6.99. The Balaban J connectivity index is 1.93. The van der Waals surface area contributed by atoms with Gasteiger partial charge < -0.3 is 0 Å². The zero-order valence-electron chi connectivity index (χ0n) is 9.84. The summed E-state index contributed by atoms with van der Waals surface area (Å²) in [7, 11) is 0. The van der Waals surface area contributed by atoms with Crippen molar-refractivity contribution >= 4 is 24.7 Å². The first-order valence-corrected chi connectivity index (χ1v) is 9.67. The van der Waals surface area contributed by atoms with E-state index in [0.29, 0.717) is 0 Å². The third-order valence-corrected chi connectivity index (χ3v) is 6.47.